The second-order valence-corrected chi connectivity index (χ2v) is 6.39. The molecule has 0 radical (unpaired) electrons. The molecule has 0 aliphatic rings. The topological polar surface area (TPSA) is 28.5 Å². The van der Waals surface area contributed by atoms with Gasteiger partial charge in [0, 0.05) is 45.3 Å². The van der Waals surface area contributed by atoms with Gasteiger partial charge in [0.25, 0.3) is 0 Å². The standard InChI is InChI=1S/C20H29N3O/c1-5-12-23(13-6-2)20(24)16-22-14-11-18(15-22)17-7-9-19(10-8-17)21(3)4/h7-11,14-15H,5-6,12-13,16H2,1-4H3. The zero-order valence-electron chi connectivity index (χ0n) is 15.3. The van der Waals surface area contributed by atoms with Crippen LogP contribution in [0.25, 0.3) is 11.1 Å². The Balaban J connectivity index is 2.05. The lowest BCUT2D eigenvalue weighted by atomic mass is 10.1. The van der Waals surface area contributed by atoms with E-state index in [0.717, 1.165) is 31.5 Å². The molecular weight excluding hydrogens is 298 g/mol. The van der Waals surface area contributed by atoms with Crippen LogP contribution in [0.5, 0.6) is 0 Å². The molecule has 2 rings (SSSR count). The van der Waals surface area contributed by atoms with Crippen LogP contribution >= 0.6 is 0 Å². The molecule has 0 saturated carbocycles. The average molecular weight is 327 g/mol. The fourth-order valence-electron chi connectivity index (χ4n) is 2.82. The van der Waals surface area contributed by atoms with Gasteiger partial charge < -0.3 is 14.4 Å². The van der Waals surface area contributed by atoms with E-state index in [2.05, 4.69) is 55.3 Å². The molecule has 1 heterocycles. The molecule has 0 saturated heterocycles. The molecule has 0 spiro atoms. The molecule has 130 valence electrons. The second-order valence-electron chi connectivity index (χ2n) is 6.39. The van der Waals surface area contributed by atoms with Crippen LogP contribution in [0.15, 0.2) is 42.7 Å². The third-order valence-corrected chi connectivity index (χ3v) is 4.13. The predicted molar refractivity (Wildman–Crippen MR) is 101 cm³/mol. The Morgan fingerprint density at radius 3 is 2.12 bits per heavy atom. The molecular formula is C20H29N3O. The number of rotatable bonds is 8. The summed E-state index contributed by atoms with van der Waals surface area (Å²) in [5.41, 5.74) is 3.50. The lowest BCUT2D eigenvalue weighted by Gasteiger charge is -2.21. The molecule has 1 aromatic heterocycles. The van der Waals surface area contributed by atoms with Crippen molar-refractivity contribution in [2.24, 2.45) is 0 Å². The van der Waals surface area contributed by atoms with Gasteiger partial charge >= 0.3 is 0 Å². The molecule has 1 aromatic carbocycles. The van der Waals surface area contributed by atoms with Crippen molar-refractivity contribution in [2.75, 3.05) is 32.1 Å². The van der Waals surface area contributed by atoms with E-state index in [1.54, 1.807) is 0 Å². The van der Waals surface area contributed by atoms with Gasteiger partial charge in [-0.3, -0.25) is 4.79 Å². The van der Waals surface area contributed by atoms with Crippen molar-refractivity contribution in [3.63, 3.8) is 0 Å². The van der Waals surface area contributed by atoms with Gasteiger partial charge in [0.2, 0.25) is 5.91 Å². The summed E-state index contributed by atoms with van der Waals surface area (Å²) in [6.07, 6.45) is 6.05. The van der Waals surface area contributed by atoms with Gasteiger partial charge in [-0.25, -0.2) is 0 Å². The van der Waals surface area contributed by atoms with Gasteiger partial charge in [-0.1, -0.05) is 26.0 Å². The molecule has 2 aromatic rings. The Bertz CT molecular complexity index is 637. The summed E-state index contributed by atoms with van der Waals surface area (Å²) in [6.45, 7) is 6.32. The summed E-state index contributed by atoms with van der Waals surface area (Å²) in [5.74, 6) is 0.198. The molecule has 0 bridgehead atoms. The smallest absolute Gasteiger partial charge is 0.242 e. The number of anilines is 1. The molecule has 0 aliphatic carbocycles. The van der Waals surface area contributed by atoms with Gasteiger partial charge in [-0.05, 0) is 42.2 Å². The maximum absolute atomic E-state index is 12.5. The lowest BCUT2D eigenvalue weighted by Crippen LogP contribution is -2.34. The van der Waals surface area contributed by atoms with E-state index in [1.807, 2.05) is 29.8 Å². The number of aromatic nitrogens is 1. The van der Waals surface area contributed by atoms with Crippen molar-refractivity contribution < 1.29 is 4.79 Å². The fourth-order valence-corrected chi connectivity index (χ4v) is 2.82. The third-order valence-electron chi connectivity index (χ3n) is 4.13. The molecule has 0 N–H and O–H groups in total. The Kier molecular flexibility index (Phi) is 6.47. The highest BCUT2D eigenvalue weighted by molar-refractivity contribution is 5.76. The van der Waals surface area contributed by atoms with E-state index in [9.17, 15) is 4.79 Å². The first kappa shape index (κ1) is 18.1. The summed E-state index contributed by atoms with van der Waals surface area (Å²) in [4.78, 5) is 16.5. The van der Waals surface area contributed by atoms with E-state index >= 15 is 0 Å². The van der Waals surface area contributed by atoms with E-state index in [-0.39, 0.29) is 5.91 Å². The van der Waals surface area contributed by atoms with E-state index in [1.165, 1.54) is 11.3 Å². The van der Waals surface area contributed by atoms with Crippen LogP contribution in [0.2, 0.25) is 0 Å². The van der Waals surface area contributed by atoms with Crippen LogP contribution in [-0.2, 0) is 11.3 Å². The van der Waals surface area contributed by atoms with Crippen molar-refractivity contribution in [3.8, 4) is 11.1 Å². The zero-order valence-corrected chi connectivity index (χ0v) is 15.3. The first-order valence-electron chi connectivity index (χ1n) is 8.76. The summed E-state index contributed by atoms with van der Waals surface area (Å²) in [7, 11) is 4.07. The zero-order chi connectivity index (χ0) is 17.5. The highest BCUT2D eigenvalue weighted by atomic mass is 16.2. The monoisotopic (exact) mass is 327 g/mol. The van der Waals surface area contributed by atoms with Gasteiger partial charge in [-0.15, -0.1) is 0 Å². The summed E-state index contributed by atoms with van der Waals surface area (Å²) in [6, 6.07) is 10.5. The highest BCUT2D eigenvalue weighted by Gasteiger charge is 2.12. The quantitative estimate of drug-likeness (QED) is 0.736. The Morgan fingerprint density at radius 1 is 0.958 bits per heavy atom. The normalized spacial score (nSPS) is 10.7. The van der Waals surface area contributed by atoms with Crippen molar-refractivity contribution in [2.45, 2.75) is 33.2 Å². The highest BCUT2D eigenvalue weighted by Crippen LogP contribution is 2.22. The minimum absolute atomic E-state index is 0.198. The van der Waals surface area contributed by atoms with Crippen LogP contribution in [0.1, 0.15) is 26.7 Å². The van der Waals surface area contributed by atoms with Gasteiger partial charge in [0.1, 0.15) is 6.54 Å². The van der Waals surface area contributed by atoms with Gasteiger partial charge in [0.05, 0.1) is 0 Å². The number of benzene rings is 1. The van der Waals surface area contributed by atoms with Gasteiger partial charge in [0.15, 0.2) is 0 Å². The van der Waals surface area contributed by atoms with Gasteiger partial charge in [-0.2, -0.15) is 0 Å². The van der Waals surface area contributed by atoms with Crippen molar-refractivity contribution >= 4 is 11.6 Å². The maximum atomic E-state index is 12.5. The average Bonchev–Trinajstić information content (AvgIpc) is 3.03. The molecule has 0 unspecified atom stereocenters. The van der Waals surface area contributed by atoms with Crippen molar-refractivity contribution in [1.82, 2.24) is 9.47 Å². The number of hydrogen-bond donors (Lipinski definition) is 0. The molecule has 0 fully saturated rings. The third kappa shape index (κ3) is 4.63. The molecule has 0 atom stereocenters. The van der Waals surface area contributed by atoms with E-state index in [4.69, 9.17) is 0 Å². The van der Waals surface area contributed by atoms with Crippen LogP contribution in [-0.4, -0.2) is 42.6 Å². The Morgan fingerprint density at radius 2 is 1.58 bits per heavy atom. The maximum Gasteiger partial charge on any atom is 0.242 e. The summed E-state index contributed by atoms with van der Waals surface area (Å²) < 4.78 is 1.98. The summed E-state index contributed by atoms with van der Waals surface area (Å²) in [5, 5.41) is 0. The van der Waals surface area contributed by atoms with Crippen LogP contribution in [0.4, 0.5) is 5.69 Å². The minimum Gasteiger partial charge on any atom is -0.378 e. The van der Waals surface area contributed by atoms with Crippen molar-refractivity contribution in [1.29, 1.82) is 0 Å². The molecule has 24 heavy (non-hydrogen) atoms. The first-order chi connectivity index (χ1) is 11.5. The number of amides is 1. The number of carbonyl (C=O) groups is 1. The van der Waals surface area contributed by atoms with Crippen molar-refractivity contribution in [3.05, 3.63) is 42.7 Å². The fraction of sp³-hybridized carbons (Fsp3) is 0.450. The molecule has 4 nitrogen and oxygen atoms in total. The molecule has 1 amide bonds. The van der Waals surface area contributed by atoms with Crippen LogP contribution in [0, 0.1) is 0 Å². The molecule has 4 heteroatoms. The SMILES string of the molecule is CCCN(CCC)C(=O)Cn1ccc(-c2ccc(N(C)C)cc2)c1. The lowest BCUT2D eigenvalue weighted by molar-refractivity contribution is -0.131. The largest absolute Gasteiger partial charge is 0.378 e. The number of hydrogen-bond acceptors (Lipinski definition) is 2. The summed E-state index contributed by atoms with van der Waals surface area (Å²) >= 11 is 0. The number of carbonyl (C=O) groups excluding carboxylic acids is 1. The first-order valence-corrected chi connectivity index (χ1v) is 8.76. The van der Waals surface area contributed by atoms with E-state index in [0.29, 0.717) is 6.54 Å². The second kappa shape index (κ2) is 8.57. The number of nitrogens with zero attached hydrogens (tertiary/aromatic N) is 3. The van der Waals surface area contributed by atoms with Crippen LogP contribution < -0.4 is 4.90 Å². The Hall–Kier alpha value is -2.23. The Labute approximate surface area is 145 Å². The van der Waals surface area contributed by atoms with Crippen LogP contribution in [0.3, 0.4) is 0 Å². The predicted octanol–water partition coefficient (Wildman–Crippen LogP) is 3.87. The van der Waals surface area contributed by atoms with E-state index < -0.39 is 0 Å². The minimum atomic E-state index is 0.198. The molecule has 0 aliphatic heterocycles.